The molecule has 0 saturated carbocycles. The minimum atomic E-state index is -2.85. The molecule has 0 heterocycles. The van der Waals surface area contributed by atoms with Crippen molar-refractivity contribution >= 4 is 11.6 Å². The predicted octanol–water partition coefficient (Wildman–Crippen LogP) is 3.46. The van der Waals surface area contributed by atoms with Gasteiger partial charge in [0, 0.05) is 30.3 Å². The van der Waals surface area contributed by atoms with Crippen LogP contribution in [-0.4, -0.2) is 25.9 Å². The fourth-order valence-electron chi connectivity index (χ4n) is 1.65. The Morgan fingerprint density at radius 2 is 2.11 bits per heavy atom. The van der Waals surface area contributed by atoms with Crippen molar-refractivity contribution in [3.63, 3.8) is 0 Å². The summed E-state index contributed by atoms with van der Waals surface area (Å²) in [6.45, 7) is 2.66. The van der Waals surface area contributed by atoms with E-state index in [1.807, 2.05) is 13.8 Å². The van der Waals surface area contributed by atoms with E-state index in [0.717, 1.165) is 0 Å². The van der Waals surface area contributed by atoms with E-state index in [9.17, 15) is 8.78 Å². The van der Waals surface area contributed by atoms with Crippen LogP contribution >= 0.6 is 11.6 Å². The van der Waals surface area contributed by atoms with Gasteiger partial charge in [0.2, 0.25) is 0 Å². The van der Waals surface area contributed by atoms with Crippen molar-refractivity contribution in [1.29, 1.82) is 0 Å². The zero-order valence-electron chi connectivity index (χ0n) is 11.0. The van der Waals surface area contributed by atoms with Crippen molar-refractivity contribution in [2.24, 2.45) is 0 Å². The summed E-state index contributed by atoms with van der Waals surface area (Å²) in [6.07, 6.45) is 0.0589. The molecule has 0 radical (unpaired) electrons. The van der Waals surface area contributed by atoms with Crippen molar-refractivity contribution in [3.05, 3.63) is 28.8 Å². The van der Waals surface area contributed by atoms with Crippen molar-refractivity contribution < 1.29 is 18.3 Å². The van der Waals surface area contributed by atoms with Gasteiger partial charge in [-0.1, -0.05) is 11.6 Å². The molecule has 0 spiro atoms. The van der Waals surface area contributed by atoms with Crippen LogP contribution in [0.15, 0.2) is 18.2 Å². The molecule has 0 aliphatic carbocycles. The maximum absolute atomic E-state index is 12.3. The average molecular weight is 294 g/mol. The fraction of sp³-hybridized carbons (Fsp3) is 0.538. The lowest BCUT2D eigenvalue weighted by atomic mass is 10.2. The molecule has 1 rings (SSSR count). The second-order valence-corrected chi connectivity index (χ2v) is 4.46. The summed E-state index contributed by atoms with van der Waals surface area (Å²) < 4.78 is 34.3. The molecule has 0 aliphatic rings. The van der Waals surface area contributed by atoms with Gasteiger partial charge in [-0.25, -0.2) is 0 Å². The van der Waals surface area contributed by atoms with Gasteiger partial charge in [-0.2, -0.15) is 8.78 Å². The molecular formula is C13H18ClF2NO2. The molecule has 1 unspecified atom stereocenters. The summed E-state index contributed by atoms with van der Waals surface area (Å²) in [4.78, 5) is 0. The van der Waals surface area contributed by atoms with E-state index in [0.29, 0.717) is 30.3 Å². The third-order valence-electron chi connectivity index (χ3n) is 2.44. The predicted molar refractivity (Wildman–Crippen MR) is 70.9 cm³/mol. The first-order valence-electron chi connectivity index (χ1n) is 6.08. The highest BCUT2D eigenvalue weighted by Gasteiger charge is 2.10. The van der Waals surface area contributed by atoms with E-state index < -0.39 is 6.61 Å². The van der Waals surface area contributed by atoms with Gasteiger partial charge in [0.05, 0.1) is 6.10 Å². The molecule has 0 saturated heterocycles. The Labute approximate surface area is 116 Å². The average Bonchev–Trinajstić information content (AvgIpc) is 2.32. The number of nitrogens with one attached hydrogen (secondary N) is 1. The Morgan fingerprint density at radius 1 is 1.37 bits per heavy atom. The van der Waals surface area contributed by atoms with Gasteiger partial charge in [-0.05, 0) is 32.0 Å². The zero-order valence-corrected chi connectivity index (χ0v) is 11.7. The first kappa shape index (κ1) is 16.1. The number of hydrogen-bond acceptors (Lipinski definition) is 3. The lowest BCUT2D eigenvalue weighted by molar-refractivity contribution is -0.0505. The maximum atomic E-state index is 12.3. The Morgan fingerprint density at radius 3 is 2.74 bits per heavy atom. The van der Waals surface area contributed by atoms with Crippen molar-refractivity contribution in [2.75, 3.05) is 13.2 Å². The van der Waals surface area contributed by atoms with Gasteiger partial charge in [-0.3, -0.25) is 0 Å². The minimum Gasteiger partial charge on any atom is -0.434 e. The molecule has 0 amide bonds. The lowest BCUT2D eigenvalue weighted by Gasteiger charge is -2.15. The summed E-state index contributed by atoms with van der Waals surface area (Å²) in [5, 5.41) is 3.60. The molecule has 1 aromatic rings. The quantitative estimate of drug-likeness (QED) is 0.796. The highest BCUT2D eigenvalue weighted by atomic mass is 35.5. The highest BCUT2D eigenvalue weighted by Crippen LogP contribution is 2.24. The van der Waals surface area contributed by atoms with E-state index in [-0.39, 0.29) is 11.9 Å². The molecule has 1 N–H and O–H groups in total. The second-order valence-electron chi connectivity index (χ2n) is 4.03. The third-order valence-corrected chi connectivity index (χ3v) is 2.67. The van der Waals surface area contributed by atoms with Crippen LogP contribution in [0.1, 0.15) is 19.4 Å². The highest BCUT2D eigenvalue weighted by molar-refractivity contribution is 6.30. The number of alkyl halides is 2. The molecule has 0 aromatic heterocycles. The Balaban J connectivity index is 2.57. The monoisotopic (exact) mass is 293 g/mol. The Hall–Kier alpha value is -0.910. The lowest BCUT2D eigenvalue weighted by Crippen LogP contribution is -2.26. The third kappa shape index (κ3) is 6.18. The molecule has 0 aliphatic heterocycles. The SMILES string of the molecule is CCOC(C)CNCc1cc(Cl)ccc1OC(F)F. The van der Waals surface area contributed by atoms with Gasteiger partial charge in [0.25, 0.3) is 0 Å². The molecule has 1 atom stereocenters. The number of ether oxygens (including phenoxy) is 2. The second kappa shape index (κ2) is 8.30. The first-order chi connectivity index (χ1) is 9.02. The van der Waals surface area contributed by atoms with E-state index in [1.54, 1.807) is 6.07 Å². The summed E-state index contributed by atoms with van der Waals surface area (Å²) >= 11 is 5.85. The van der Waals surface area contributed by atoms with Gasteiger partial charge >= 0.3 is 6.61 Å². The van der Waals surface area contributed by atoms with Crippen LogP contribution in [0.3, 0.4) is 0 Å². The van der Waals surface area contributed by atoms with Crippen LogP contribution in [0.25, 0.3) is 0 Å². The maximum Gasteiger partial charge on any atom is 0.387 e. The smallest absolute Gasteiger partial charge is 0.387 e. The molecular weight excluding hydrogens is 276 g/mol. The van der Waals surface area contributed by atoms with Crippen LogP contribution in [0.2, 0.25) is 5.02 Å². The first-order valence-corrected chi connectivity index (χ1v) is 6.46. The minimum absolute atomic E-state index is 0.0589. The molecule has 108 valence electrons. The Bertz CT molecular complexity index is 391. The van der Waals surface area contributed by atoms with Crippen molar-refractivity contribution in [3.8, 4) is 5.75 Å². The number of hydrogen-bond donors (Lipinski definition) is 1. The van der Waals surface area contributed by atoms with E-state index >= 15 is 0 Å². The van der Waals surface area contributed by atoms with Gasteiger partial charge in [-0.15, -0.1) is 0 Å². The zero-order chi connectivity index (χ0) is 14.3. The molecule has 19 heavy (non-hydrogen) atoms. The Kier molecular flexibility index (Phi) is 7.05. The molecule has 1 aromatic carbocycles. The van der Waals surface area contributed by atoms with Crippen LogP contribution in [0.5, 0.6) is 5.75 Å². The normalized spacial score (nSPS) is 12.7. The fourth-order valence-corrected chi connectivity index (χ4v) is 1.85. The molecule has 0 fully saturated rings. The summed E-state index contributed by atoms with van der Waals surface area (Å²) in [6, 6.07) is 4.57. The molecule has 6 heteroatoms. The van der Waals surface area contributed by atoms with Crippen LogP contribution < -0.4 is 10.1 Å². The van der Waals surface area contributed by atoms with Crippen molar-refractivity contribution in [2.45, 2.75) is 33.1 Å². The van der Waals surface area contributed by atoms with E-state index in [2.05, 4.69) is 10.1 Å². The van der Waals surface area contributed by atoms with Crippen LogP contribution in [0.4, 0.5) is 8.78 Å². The van der Waals surface area contributed by atoms with Gasteiger partial charge in [0.1, 0.15) is 5.75 Å². The largest absolute Gasteiger partial charge is 0.434 e. The number of benzene rings is 1. The summed E-state index contributed by atoms with van der Waals surface area (Å²) in [7, 11) is 0. The molecule has 3 nitrogen and oxygen atoms in total. The van der Waals surface area contributed by atoms with Crippen molar-refractivity contribution in [1.82, 2.24) is 5.32 Å². The topological polar surface area (TPSA) is 30.5 Å². The standard InChI is InChI=1S/C13H18ClF2NO2/c1-3-18-9(2)7-17-8-10-6-11(14)4-5-12(10)19-13(15)16/h4-6,9,13,17H,3,7-8H2,1-2H3. The van der Waals surface area contributed by atoms with Crippen LogP contribution in [0, 0.1) is 0 Å². The number of rotatable bonds is 8. The molecule has 0 bridgehead atoms. The van der Waals surface area contributed by atoms with Crippen LogP contribution in [-0.2, 0) is 11.3 Å². The van der Waals surface area contributed by atoms with E-state index in [4.69, 9.17) is 16.3 Å². The number of halogens is 3. The van der Waals surface area contributed by atoms with E-state index in [1.165, 1.54) is 12.1 Å². The summed E-state index contributed by atoms with van der Waals surface area (Å²) in [5.74, 6) is 0.135. The summed E-state index contributed by atoms with van der Waals surface area (Å²) in [5.41, 5.74) is 0.594. The van der Waals surface area contributed by atoms with Gasteiger partial charge < -0.3 is 14.8 Å². The van der Waals surface area contributed by atoms with Gasteiger partial charge in [0.15, 0.2) is 0 Å².